The average Bonchev–Trinajstić information content (AvgIpc) is 2.53. The van der Waals surface area contributed by atoms with E-state index in [-0.39, 0.29) is 5.69 Å². The van der Waals surface area contributed by atoms with Gasteiger partial charge in [0.05, 0.1) is 22.8 Å². The van der Waals surface area contributed by atoms with E-state index in [1.807, 2.05) is 0 Å². The zero-order chi connectivity index (χ0) is 17.3. The summed E-state index contributed by atoms with van der Waals surface area (Å²) in [6, 6.07) is 2.69. The summed E-state index contributed by atoms with van der Waals surface area (Å²) in [5.74, 6) is 0. The van der Waals surface area contributed by atoms with Gasteiger partial charge in [0.2, 0.25) is 0 Å². The van der Waals surface area contributed by atoms with Gasteiger partial charge in [-0.25, -0.2) is 14.8 Å². The molecule has 2 heterocycles. The second-order valence-corrected chi connectivity index (χ2v) is 5.70. The number of aromatic nitrogens is 2. The fraction of sp³-hybridized carbons (Fsp3) is 0.267. The first-order valence-electron chi connectivity index (χ1n) is 7.05. The van der Waals surface area contributed by atoms with E-state index < -0.39 is 22.8 Å². The molecule has 1 aliphatic heterocycles. The van der Waals surface area contributed by atoms with Crippen LogP contribution >= 0.6 is 11.6 Å². The molecule has 0 spiro atoms. The molecular weight excluding hydrogens is 345 g/mol. The number of rotatable bonds is 1. The van der Waals surface area contributed by atoms with Gasteiger partial charge in [0.15, 0.2) is 0 Å². The van der Waals surface area contributed by atoms with Crippen molar-refractivity contribution in [2.45, 2.75) is 19.1 Å². The number of anilines is 1. The van der Waals surface area contributed by atoms with Crippen molar-refractivity contribution in [3.8, 4) is 0 Å². The third-order valence-corrected chi connectivity index (χ3v) is 3.99. The fourth-order valence-electron chi connectivity index (χ4n) is 2.47. The van der Waals surface area contributed by atoms with Crippen molar-refractivity contribution >= 4 is 23.3 Å². The molecule has 1 N–H and O–H groups in total. The number of urea groups is 1. The summed E-state index contributed by atoms with van der Waals surface area (Å²) in [6.07, 6.45) is -0.829. The predicted molar refractivity (Wildman–Crippen MR) is 81.6 cm³/mol. The Kier molecular flexibility index (Phi) is 4.31. The van der Waals surface area contributed by atoms with Gasteiger partial charge in [-0.2, -0.15) is 13.2 Å². The summed E-state index contributed by atoms with van der Waals surface area (Å²) < 4.78 is 38.0. The summed E-state index contributed by atoms with van der Waals surface area (Å²) >= 11 is 5.65. The lowest BCUT2D eigenvalue weighted by Crippen LogP contribution is -2.39. The summed E-state index contributed by atoms with van der Waals surface area (Å²) in [5.41, 5.74) is 1.01. The van der Waals surface area contributed by atoms with E-state index in [1.54, 1.807) is 6.20 Å². The fourth-order valence-corrected chi connectivity index (χ4v) is 2.75. The summed E-state index contributed by atoms with van der Waals surface area (Å²) in [4.78, 5) is 21.9. The Morgan fingerprint density at radius 2 is 2.12 bits per heavy atom. The first-order chi connectivity index (χ1) is 11.3. The molecule has 0 atom stereocenters. The molecule has 126 valence electrons. The van der Waals surface area contributed by atoms with Gasteiger partial charge in [0.25, 0.3) is 0 Å². The van der Waals surface area contributed by atoms with Crippen LogP contribution < -0.4 is 5.32 Å². The molecule has 0 unspecified atom stereocenters. The van der Waals surface area contributed by atoms with Crippen molar-refractivity contribution < 1.29 is 18.0 Å². The van der Waals surface area contributed by atoms with Crippen LogP contribution in [0, 0.1) is 0 Å². The smallest absolute Gasteiger partial charge is 0.320 e. The topological polar surface area (TPSA) is 58.1 Å². The van der Waals surface area contributed by atoms with Gasteiger partial charge in [-0.3, -0.25) is 0 Å². The maximum absolute atomic E-state index is 12.7. The number of benzene rings is 1. The van der Waals surface area contributed by atoms with E-state index in [4.69, 9.17) is 11.6 Å². The number of carbonyl (C=O) groups excluding carboxylic acids is 1. The highest BCUT2D eigenvalue weighted by Gasteiger charge is 2.33. The Morgan fingerprint density at radius 1 is 1.33 bits per heavy atom. The standard InChI is InChI=1S/C15H12ClF3N4O/c16-12-5-10(1-2-11(12)15(17,18)19)22-14(24)23-4-3-13-9(7-23)6-20-8-21-13/h1-2,5-6,8H,3-4,7H2,(H,22,24). The number of hydrogen-bond donors (Lipinski definition) is 1. The number of amides is 2. The zero-order valence-corrected chi connectivity index (χ0v) is 13.0. The van der Waals surface area contributed by atoms with Crippen LogP contribution in [0.3, 0.4) is 0 Å². The van der Waals surface area contributed by atoms with Gasteiger partial charge in [0, 0.05) is 30.4 Å². The van der Waals surface area contributed by atoms with Crippen molar-refractivity contribution in [2.75, 3.05) is 11.9 Å². The van der Waals surface area contributed by atoms with Gasteiger partial charge in [-0.15, -0.1) is 0 Å². The second-order valence-electron chi connectivity index (χ2n) is 5.29. The Labute approximate surface area is 140 Å². The highest BCUT2D eigenvalue weighted by atomic mass is 35.5. The van der Waals surface area contributed by atoms with Crippen molar-refractivity contribution in [3.05, 3.63) is 52.6 Å². The Hall–Kier alpha value is -2.35. The average molecular weight is 357 g/mol. The van der Waals surface area contributed by atoms with Crippen LogP contribution in [0.4, 0.5) is 23.7 Å². The maximum Gasteiger partial charge on any atom is 0.417 e. The number of carbonyl (C=O) groups is 1. The molecule has 1 aliphatic rings. The zero-order valence-electron chi connectivity index (χ0n) is 12.3. The van der Waals surface area contributed by atoms with E-state index in [0.29, 0.717) is 19.5 Å². The number of alkyl halides is 3. The van der Waals surface area contributed by atoms with Crippen LogP contribution in [-0.4, -0.2) is 27.4 Å². The van der Waals surface area contributed by atoms with Crippen molar-refractivity contribution in [1.82, 2.24) is 14.9 Å². The van der Waals surface area contributed by atoms with E-state index in [0.717, 1.165) is 23.4 Å². The minimum absolute atomic E-state index is 0.202. The molecule has 2 aromatic rings. The Bertz CT molecular complexity index is 782. The van der Waals surface area contributed by atoms with Crippen LogP contribution in [0.25, 0.3) is 0 Å². The van der Waals surface area contributed by atoms with E-state index in [1.165, 1.54) is 17.3 Å². The third kappa shape index (κ3) is 3.43. The molecule has 0 saturated heterocycles. The highest BCUT2D eigenvalue weighted by Crippen LogP contribution is 2.35. The van der Waals surface area contributed by atoms with Crippen LogP contribution in [-0.2, 0) is 19.1 Å². The molecule has 3 rings (SSSR count). The van der Waals surface area contributed by atoms with Crippen LogP contribution in [0.1, 0.15) is 16.8 Å². The largest absolute Gasteiger partial charge is 0.417 e. The van der Waals surface area contributed by atoms with Gasteiger partial charge in [-0.1, -0.05) is 11.6 Å². The number of hydrogen-bond acceptors (Lipinski definition) is 3. The van der Waals surface area contributed by atoms with Crippen LogP contribution in [0.5, 0.6) is 0 Å². The molecule has 0 fully saturated rings. The second kappa shape index (κ2) is 6.27. The molecular formula is C15H12ClF3N4O. The van der Waals surface area contributed by atoms with Crippen molar-refractivity contribution in [3.63, 3.8) is 0 Å². The molecule has 9 heteroatoms. The first-order valence-corrected chi connectivity index (χ1v) is 7.43. The monoisotopic (exact) mass is 356 g/mol. The summed E-state index contributed by atoms with van der Waals surface area (Å²) in [5, 5.41) is 2.10. The molecule has 1 aromatic heterocycles. The number of nitrogens with one attached hydrogen (secondary N) is 1. The highest BCUT2D eigenvalue weighted by molar-refractivity contribution is 6.31. The Morgan fingerprint density at radius 3 is 2.83 bits per heavy atom. The van der Waals surface area contributed by atoms with Gasteiger partial charge >= 0.3 is 12.2 Å². The van der Waals surface area contributed by atoms with Crippen molar-refractivity contribution in [2.24, 2.45) is 0 Å². The molecule has 5 nitrogen and oxygen atoms in total. The van der Waals surface area contributed by atoms with Crippen LogP contribution in [0.15, 0.2) is 30.7 Å². The SMILES string of the molecule is O=C(Nc1ccc(C(F)(F)F)c(Cl)c1)N1CCc2ncncc2C1. The molecule has 1 aromatic carbocycles. The molecule has 24 heavy (non-hydrogen) atoms. The lowest BCUT2D eigenvalue weighted by molar-refractivity contribution is -0.137. The van der Waals surface area contributed by atoms with E-state index >= 15 is 0 Å². The first kappa shape index (κ1) is 16.5. The summed E-state index contributed by atoms with van der Waals surface area (Å²) in [6.45, 7) is 0.806. The number of nitrogens with zero attached hydrogens (tertiary/aromatic N) is 3. The minimum atomic E-state index is -4.53. The predicted octanol–water partition coefficient (Wildman–Crippen LogP) is 3.74. The van der Waals surface area contributed by atoms with Gasteiger partial charge in [-0.05, 0) is 18.2 Å². The summed E-state index contributed by atoms with van der Waals surface area (Å²) in [7, 11) is 0. The lowest BCUT2D eigenvalue weighted by atomic mass is 10.1. The van der Waals surface area contributed by atoms with Crippen molar-refractivity contribution in [1.29, 1.82) is 0 Å². The quantitative estimate of drug-likeness (QED) is 0.846. The molecule has 0 aliphatic carbocycles. The van der Waals surface area contributed by atoms with E-state index in [2.05, 4.69) is 15.3 Å². The number of fused-ring (bicyclic) bond motifs is 1. The third-order valence-electron chi connectivity index (χ3n) is 3.67. The minimum Gasteiger partial charge on any atom is -0.320 e. The van der Waals surface area contributed by atoms with Gasteiger partial charge in [0.1, 0.15) is 6.33 Å². The van der Waals surface area contributed by atoms with E-state index in [9.17, 15) is 18.0 Å². The Balaban J connectivity index is 1.71. The molecule has 0 bridgehead atoms. The molecule has 0 radical (unpaired) electrons. The lowest BCUT2D eigenvalue weighted by Gasteiger charge is -2.28. The normalized spacial score (nSPS) is 14.2. The molecule has 2 amide bonds. The van der Waals surface area contributed by atoms with Crippen LogP contribution in [0.2, 0.25) is 5.02 Å². The number of halogens is 4. The maximum atomic E-state index is 12.7. The van der Waals surface area contributed by atoms with Gasteiger partial charge < -0.3 is 10.2 Å². The molecule has 0 saturated carbocycles.